The molecule has 0 aliphatic carbocycles. The van der Waals surface area contributed by atoms with Crippen LogP contribution >= 0.6 is 0 Å². The Morgan fingerprint density at radius 3 is 2.59 bits per heavy atom. The van der Waals surface area contributed by atoms with Crippen LogP contribution in [-0.4, -0.2) is 51.4 Å². The number of aliphatic hydroxyl groups is 1. The number of amides is 1. The standard InChI is InChI=1S/C21H24F4N4O3/c1-20(2,3)32-19(31)28-7-6-14-16(11-28)26-12-27-18(14)29(8-9-30)17-5-4-13(22)10-15(17)21(23,24)25/h4-5,10,12,30H,6-9,11H2,1-3H3. The molecule has 1 aliphatic heterocycles. The van der Waals surface area contributed by atoms with E-state index < -0.39 is 35.9 Å². The highest BCUT2D eigenvalue weighted by Gasteiger charge is 2.37. The van der Waals surface area contributed by atoms with Gasteiger partial charge in [-0.15, -0.1) is 0 Å². The number of anilines is 2. The topological polar surface area (TPSA) is 78.8 Å². The maximum atomic E-state index is 13.6. The molecule has 1 aromatic carbocycles. The van der Waals surface area contributed by atoms with E-state index in [1.54, 1.807) is 20.8 Å². The number of carbonyl (C=O) groups is 1. The molecule has 7 nitrogen and oxygen atoms in total. The molecule has 11 heteroatoms. The summed E-state index contributed by atoms with van der Waals surface area (Å²) < 4.78 is 59.8. The number of carbonyl (C=O) groups excluding carboxylic acids is 1. The van der Waals surface area contributed by atoms with Crippen LogP contribution in [-0.2, 0) is 23.9 Å². The highest BCUT2D eigenvalue weighted by molar-refractivity contribution is 5.70. The molecule has 32 heavy (non-hydrogen) atoms. The Morgan fingerprint density at radius 1 is 1.25 bits per heavy atom. The Hall–Kier alpha value is -2.95. The average Bonchev–Trinajstić information content (AvgIpc) is 2.69. The third kappa shape index (κ3) is 5.26. The molecular formula is C21H24F4N4O3. The number of nitrogens with zero attached hydrogens (tertiary/aromatic N) is 4. The summed E-state index contributed by atoms with van der Waals surface area (Å²) in [5, 5.41) is 9.52. The zero-order valence-corrected chi connectivity index (χ0v) is 17.9. The zero-order valence-electron chi connectivity index (χ0n) is 17.9. The summed E-state index contributed by atoms with van der Waals surface area (Å²) in [6, 6.07) is 2.35. The lowest BCUT2D eigenvalue weighted by Gasteiger charge is -2.33. The van der Waals surface area contributed by atoms with Crippen LogP contribution in [0.4, 0.5) is 33.9 Å². The Balaban J connectivity index is 2.00. The minimum Gasteiger partial charge on any atom is -0.444 e. The Labute approximate surface area is 182 Å². The molecule has 0 fully saturated rings. The fourth-order valence-electron chi connectivity index (χ4n) is 3.46. The molecule has 1 aromatic heterocycles. The van der Waals surface area contributed by atoms with Gasteiger partial charge in [0, 0.05) is 18.7 Å². The fourth-order valence-corrected chi connectivity index (χ4v) is 3.46. The summed E-state index contributed by atoms with van der Waals surface area (Å²) in [5.41, 5.74) is -1.17. The van der Waals surface area contributed by atoms with Gasteiger partial charge in [-0.25, -0.2) is 19.2 Å². The van der Waals surface area contributed by atoms with Crippen molar-refractivity contribution in [1.82, 2.24) is 14.9 Å². The molecular weight excluding hydrogens is 432 g/mol. The minimum atomic E-state index is -4.81. The number of benzene rings is 1. The van der Waals surface area contributed by atoms with Crippen molar-refractivity contribution in [3.63, 3.8) is 0 Å². The molecule has 1 amide bonds. The van der Waals surface area contributed by atoms with Crippen LogP contribution in [0, 0.1) is 5.82 Å². The maximum absolute atomic E-state index is 13.6. The van der Waals surface area contributed by atoms with E-state index in [1.165, 1.54) is 16.1 Å². The number of halogens is 4. The van der Waals surface area contributed by atoms with E-state index in [0.29, 0.717) is 17.3 Å². The lowest BCUT2D eigenvalue weighted by molar-refractivity contribution is -0.137. The van der Waals surface area contributed by atoms with Crippen molar-refractivity contribution >= 4 is 17.6 Å². The van der Waals surface area contributed by atoms with Gasteiger partial charge in [0.2, 0.25) is 0 Å². The quantitative estimate of drug-likeness (QED) is 0.700. The van der Waals surface area contributed by atoms with Gasteiger partial charge < -0.3 is 19.6 Å². The van der Waals surface area contributed by atoms with Crippen molar-refractivity contribution in [2.45, 2.75) is 45.5 Å². The summed E-state index contributed by atoms with van der Waals surface area (Å²) in [6.07, 6.45) is -3.87. The number of rotatable bonds is 4. The van der Waals surface area contributed by atoms with Crippen LogP contribution in [0.5, 0.6) is 0 Å². The summed E-state index contributed by atoms with van der Waals surface area (Å²) in [6.45, 7) is 4.93. The SMILES string of the molecule is CC(C)(C)OC(=O)N1CCc2c(ncnc2N(CCO)c2ccc(F)cc2C(F)(F)F)C1. The first kappa shape index (κ1) is 23.7. The van der Waals surface area contributed by atoms with Crippen molar-refractivity contribution in [3.05, 3.63) is 47.2 Å². The van der Waals surface area contributed by atoms with E-state index in [9.17, 15) is 27.5 Å². The fraction of sp³-hybridized carbons (Fsp3) is 0.476. The number of fused-ring (bicyclic) bond motifs is 1. The third-order valence-electron chi connectivity index (χ3n) is 4.77. The van der Waals surface area contributed by atoms with Gasteiger partial charge in [-0.1, -0.05) is 0 Å². The van der Waals surface area contributed by atoms with E-state index in [0.717, 1.165) is 12.1 Å². The van der Waals surface area contributed by atoms with Crippen LogP contribution in [0.25, 0.3) is 0 Å². The third-order valence-corrected chi connectivity index (χ3v) is 4.77. The maximum Gasteiger partial charge on any atom is 0.418 e. The van der Waals surface area contributed by atoms with Gasteiger partial charge in [0.05, 0.1) is 30.1 Å². The summed E-state index contributed by atoms with van der Waals surface area (Å²) in [7, 11) is 0. The van der Waals surface area contributed by atoms with Gasteiger partial charge in [0.25, 0.3) is 0 Å². The molecule has 2 aromatic rings. The molecule has 1 aliphatic rings. The summed E-state index contributed by atoms with van der Waals surface area (Å²) in [5.74, 6) is -0.854. The molecule has 0 spiro atoms. The smallest absolute Gasteiger partial charge is 0.418 e. The molecule has 0 bridgehead atoms. The first-order chi connectivity index (χ1) is 14.9. The van der Waals surface area contributed by atoms with Gasteiger partial charge in [-0.3, -0.25) is 0 Å². The van der Waals surface area contributed by atoms with Crippen LogP contribution in [0.2, 0.25) is 0 Å². The van der Waals surface area contributed by atoms with Gasteiger partial charge in [-0.05, 0) is 45.4 Å². The van der Waals surface area contributed by atoms with Gasteiger partial charge in [0.15, 0.2) is 0 Å². The molecule has 0 atom stereocenters. The number of ether oxygens (including phenoxy) is 1. The molecule has 0 saturated heterocycles. The van der Waals surface area contributed by atoms with E-state index in [4.69, 9.17) is 4.74 Å². The van der Waals surface area contributed by atoms with Crippen LogP contribution < -0.4 is 4.90 Å². The second-order valence-electron chi connectivity index (χ2n) is 8.31. The van der Waals surface area contributed by atoms with E-state index in [-0.39, 0.29) is 37.6 Å². The normalized spacial score (nSPS) is 14.2. The Kier molecular flexibility index (Phi) is 6.59. The molecule has 1 N–H and O–H groups in total. The average molecular weight is 456 g/mol. The predicted molar refractivity (Wildman–Crippen MR) is 108 cm³/mol. The molecule has 0 unspecified atom stereocenters. The second-order valence-corrected chi connectivity index (χ2v) is 8.31. The van der Waals surface area contributed by atoms with Crippen molar-refractivity contribution in [1.29, 1.82) is 0 Å². The molecule has 2 heterocycles. The second kappa shape index (κ2) is 8.89. The van der Waals surface area contributed by atoms with Gasteiger partial charge >= 0.3 is 12.3 Å². The predicted octanol–water partition coefficient (Wildman–Crippen LogP) is 4.06. The van der Waals surface area contributed by atoms with Crippen molar-refractivity contribution in [2.75, 3.05) is 24.6 Å². The minimum absolute atomic E-state index is 0.0995. The first-order valence-corrected chi connectivity index (χ1v) is 9.96. The molecule has 0 saturated carbocycles. The Morgan fingerprint density at radius 2 is 1.97 bits per heavy atom. The largest absolute Gasteiger partial charge is 0.444 e. The van der Waals surface area contributed by atoms with Gasteiger partial charge in [0.1, 0.15) is 23.6 Å². The molecule has 3 rings (SSSR count). The summed E-state index contributed by atoms with van der Waals surface area (Å²) >= 11 is 0. The van der Waals surface area contributed by atoms with Crippen molar-refractivity contribution in [3.8, 4) is 0 Å². The first-order valence-electron chi connectivity index (χ1n) is 9.96. The number of aliphatic hydroxyl groups excluding tert-OH is 1. The van der Waals surface area contributed by atoms with Crippen molar-refractivity contribution < 1.29 is 32.2 Å². The number of alkyl halides is 3. The highest BCUT2D eigenvalue weighted by atomic mass is 19.4. The Bertz CT molecular complexity index is 992. The van der Waals surface area contributed by atoms with Crippen molar-refractivity contribution in [2.24, 2.45) is 0 Å². The van der Waals surface area contributed by atoms with Crippen LogP contribution in [0.1, 0.15) is 37.6 Å². The number of hydrogen-bond acceptors (Lipinski definition) is 6. The molecule has 174 valence electrons. The van der Waals surface area contributed by atoms with Crippen LogP contribution in [0.15, 0.2) is 24.5 Å². The lowest BCUT2D eigenvalue weighted by atomic mass is 10.0. The summed E-state index contributed by atoms with van der Waals surface area (Å²) in [4.78, 5) is 23.4. The molecule has 0 radical (unpaired) electrons. The van der Waals surface area contributed by atoms with Gasteiger partial charge in [-0.2, -0.15) is 13.2 Å². The van der Waals surface area contributed by atoms with E-state index >= 15 is 0 Å². The van der Waals surface area contributed by atoms with E-state index in [1.807, 2.05) is 0 Å². The highest BCUT2D eigenvalue weighted by Crippen LogP contribution is 2.40. The zero-order chi connectivity index (χ0) is 23.7. The van der Waals surface area contributed by atoms with Crippen LogP contribution in [0.3, 0.4) is 0 Å². The van der Waals surface area contributed by atoms with E-state index in [2.05, 4.69) is 9.97 Å². The number of hydrogen-bond donors (Lipinski definition) is 1. The lowest BCUT2D eigenvalue weighted by Crippen LogP contribution is -2.41. The number of aromatic nitrogens is 2. The monoisotopic (exact) mass is 456 g/mol.